The van der Waals surface area contributed by atoms with E-state index in [9.17, 15) is 0 Å². The van der Waals surface area contributed by atoms with Crippen molar-refractivity contribution in [1.82, 2.24) is 0 Å². The van der Waals surface area contributed by atoms with Crippen LogP contribution in [0.2, 0.25) is 0 Å². The Morgan fingerprint density at radius 1 is 1.45 bits per heavy atom. The molecule has 1 saturated heterocycles. The van der Waals surface area contributed by atoms with Crippen LogP contribution in [0.5, 0.6) is 0 Å². The number of rotatable bonds is 6. The number of hydrogen-bond acceptors (Lipinski definition) is 3. The molecule has 0 spiro atoms. The minimum atomic E-state index is 0.336. The van der Waals surface area contributed by atoms with E-state index in [4.69, 9.17) is 20.6 Å². The van der Waals surface area contributed by atoms with E-state index in [0.29, 0.717) is 32.5 Å². The van der Waals surface area contributed by atoms with Gasteiger partial charge in [0.1, 0.15) is 12.7 Å². The highest BCUT2D eigenvalue weighted by atomic mass is 16.6. The lowest BCUT2D eigenvalue weighted by atomic mass is 10.5. The summed E-state index contributed by atoms with van der Waals surface area (Å²) in [5, 5.41) is 0. The van der Waals surface area contributed by atoms with E-state index in [-0.39, 0.29) is 0 Å². The molecule has 3 nitrogen and oxygen atoms in total. The van der Waals surface area contributed by atoms with Crippen LogP contribution >= 0.6 is 0 Å². The highest BCUT2D eigenvalue weighted by Gasteiger charge is 2.21. The maximum atomic E-state index is 5.19. The second-order valence-electron chi connectivity index (χ2n) is 2.29. The van der Waals surface area contributed by atoms with Crippen LogP contribution in [0.4, 0.5) is 0 Å². The van der Waals surface area contributed by atoms with E-state index in [0.717, 1.165) is 6.61 Å². The molecular weight excluding hydrogens is 144 g/mol. The summed E-state index contributed by atoms with van der Waals surface area (Å²) < 4.78 is 15.1. The van der Waals surface area contributed by atoms with E-state index >= 15 is 0 Å². The fraction of sp³-hybridized carbons (Fsp3) is 0.750. The lowest BCUT2D eigenvalue weighted by molar-refractivity contribution is 0.0529. The van der Waals surface area contributed by atoms with Crippen molar-refractivity contribution >= 4 is 0 Å². The van der Waals surface area contributed by atoms with Gasteiger partial charge in [0.15, 0.2) is 0 Å². The van der Waals surface area contributed by atoms with E-state index in [1.165, 1.54) is 0 Å². The van der Waals surface area contributed by atoms with Crippen LogP contribution in [0.15, 0.2) is 0 Å². The zero-order chi connectivity index (χ0) is 7.94. The standard InChI is InChI=1S/C8H12O3/c1-2-3-9-4-5-10-6-8-7-11-8/h1,8H,3-7H2. The Hall–Kier alpha value is -0.560. The van der Waals surface area contributed by atoms with Crippen LogP contribution in [0.3, 0.4) is 0 Å². The van der Waals surface area contributed by atoms with Gasteiger partial charge in [-0.05, 0) is 0 Å². The van der Waals surface area contributed by atoms with Crippen LogP contribution in [0.1, 0.15) is 0 Å². The maximum Gasteiger partial charge on any atom is 0.107 e. The highest BCUT2D eigenvalue weighted by molar-refractivity contribution is 4.82. The van der Waals surface area contributed by atoms with Gasteiger partial charge in [0.2, 0.25) is 0 Å². The van der Waals surface area contributed by atoms with Crippen molar-refractivity contribution < 1.29 is 14.2 Å². The quantitative estimate of drug-likeness (QED) is 0.309. The van der Waals surface area contributed by atoms with Gasteiger partial charge in [-0.25, -0.2) is 0 Å². The van der Waals surface area contributed by atoms with Gasteiger partial charge >= 0.3 is 0 Å². The van der Waals surface area contributed by atoms with E-state index in [2.05, 4.69) is 5.92 Å². The maximum absolute atomic E-state index is 5.19. The molecule has 1 atom stereocenters. The Labute approximate surface area is 66.6 Å². The molecule has 0 aromatic heterocycles. The van der Waals surface area contributed by atoms with E-state index in [1.807, 2.05) is 0 Å². The third-order valence-electron chi connectivity index (χ3n) is 1.26. The van der Waals surface area contributed by atoms with Gasteiger partial charge < -0.3 is 14.2 Å². The Morgan fingerprint density at radius 2 is 2.18 bits per heavy atom. The zero-order valence-electron chi connectivity index (χ0n) is 6.41. The molecule has 11 heavy (non-hydrogen) atoms. The summed E-state index contributed by atoms with van der Waals surface area (Å²) in [7, 11) is 0. The van der Waals surface area contributed by atoms with E-state index < -0.39 is 0 Å². The molecule has 1 rings (SSSR count). The van der Waals surface area contributed by atoms with Crippen molar-refractivity contribution in [3.05, 3.63) is 0 Å². The summed E-state index contributed by atoms with van der Waals surface area (Å²) in [4.78, 5) is 0. The topological polar surface area (TPSA) is 31.0 Å². The molecule has 0 saturated carbocycles. The molecule has 1 aliphatic heterocycles. The molecule has 0 aliphatic carbocycles. The number of ether oxygens (including phenoxy) is 3. The zero-order valence-corrected chi connectivity index (χ0v) is 6.41. The molecule has 1 fully saturated rings. The average molecular weight is 156 g/mol. The van der Waals surface area contributed by atoms with Crippen molar-refractivity contribution in [2.75, 3.05) is 33.0 Å². The van der Waals surface area contributed by atoms with E-state index in [1.54, 1.807) is 0 Å². The third-order valence-corrected chi connectivity index (χ3v) is 1.26. The van der Waals surface area contributed by atoms with Gasteiger partial charge in [-0.1, -0.05) is 5.92 Å². The molecule has 1 heterocycles. The second-order valence-corrected chi connectivity index (χ2v) is 2.29. The number of epoxide rings is 1. The summed E-state index contributed by atoms with van der Waals surface area (Å²) in [5.41, 5.74) is 0. The monoisotopic (exact) mass is 156 g/mol. The third kappa shape index (κ3) is 4.79. The van der Waals surface area contributed by atoms with Crippen LogP contribution in [0, 0.1) is 12.3 Å². The van der Waals surface area contributed by atoms with Gasteiger partial charge in [-0.3, -0.25) is 0 Å². The summed E-state index contributed by atoms with van der Waals surface area (Å²) in [6.45, 7) is 3.05. The van der Waals surface area contributed by atoms with Crippen LogP contribution in [-0.2, 0) is 14.2 Å². The molecule has 0 amide bonds. The first-order valence-corrected chi connectivity index (χ1v) is 3.64. The predicted molar refractivity (Wildman–Crippen MR) is 40.2 cm³/mol. The number of hydrogen-bond donors (Lipinski definition) is 0. The molecule has 1 aliphatic rings. The summed E-state index contributed by atoms with van der Waals surface area (Å²) in [6.07, 6.45) is 5.30. The second kappa shape index (κ2) is 5.14. The van der Waals surface area contributed by atoms with Gasteiger partial charge in [0.05, 0.1) is 26.4 Å². The SMILES string of the molecule is C#CCOCCOCC1CO1. The largest absolute Gasteiger partial charge is 0.376 e. The van der Waals surface area contributed by atoms with Gasteiger partial charge in [0, 0.05) is 0 Å². The van der Waals surface area contributed by atoms with Crippen molar-refractivity contribution in [3.8, 4) is 12.3 Å². The fourth-order valence-electron chi connectivity index (χ4n) is 0.628. The first-order chi connectivity index (χ1) is 5.43. The smallest absolute Gasteiger partial charge is 0.107 e. The summed E-state index contributed by atoms with van der Waals surface area (Å²) >= 11 is 0. The fourth-order valence-corrected chi connectivity index (χ4v) is 0.628. The first-order valence-electron chi connectivity index (χ1n) is 3.64. The number of terminal acetylenes is 1. The first kappa shape index (κ1) is 8.54. The minimum Gasteiger partial charge on any atom is -0.376 e. The molecule has 3 heteroatoms. The molecular formula is C8H12O3. The Bertz CT molecular complexity index is 135. The molecule has 0 radical (unpaired) electrons. The van der Waals surface area contributed by atoms with Crippen molar-refractivity contribution in [3.63, 3.8) is 0 Å². The molecule has 0 bridgehead atoms. The Morgan fingerprint density at radius 3 is 2.82 bits per heavy atom. The predicted octanol–water partition coefficient (Wildman–Crippen LogP) is 0.0516. The molecule has 0 aromatic rings. The molecule has 1 unspecified atom stereocenters. The van der Waals surface area contributed by atoms with Crippen LogP contribution in [0.25, 0.3) is 0 Å². The minimum absolute atomic E-state index is 0.336. The summed E-state index contributed by atoms with van der Waals surface area (Å²) in [5.74, 6) is 2.38. The van der Waals surface area contributed by atoms with Gasteiger partial charge in [-0.2, -0.15) is 0 Å². The lowest BCUT2D eigenvalue weighted by Crippen LogP contribution is -2.08. The normalized spacial score (nSPS) is 21.2. The highest BCUT2D eigenvalue weighted by Crippen LogP contribution is 2.07. The van der Waals surface area contributed by atoms with Gasteiger partial charge in [0.25, 0.3) is 0 Å². The average Bonchev–Trinajstić information content (AvgIpc) is 2.80. The Kier molecular flexibility index (Phi) is 3.99. The van der Waals surface area contributed by atoms with Crippen molar-refractivity contribution in [2.45, 2.75) is 6.10 Å². The molecule has 0 aromatic carbocycles. The van der Waals surface area contributed by atoms with Crippen LogP contribution < -0.4 is 0 Å². The van der Waals surface area contributed by atoms with Crippen molar-refractivity contribution in [2.24, 2.45) is 0 Å². The lowest BCUT2D eigenvalue weighted by Gasteiger charge is -2.00. The Balaban J connectivity index is 1.70. The molecule has 62 valence electrons. The van der Waals surface area contributed by atoms with Crippen LogP contribution in [-0.4, -0.2) is 39.1 Å². The molecule has 0 N–H and O–H groups in total. The van der Waals surface area contributed by atoms with Gasteiger partial charge in [-0.15, -0.1) is 6.42 Å². The summed E-state index contributed by atoms with van der Waals surface area (Å²) in [6, 6.07) is 0. The van der Waals surface area contributed by atoms with Crippen molar-refractivity contribution in [1.29, 1.82) is 0 Å².